The van der Waals surface area contributed by atoms with Gasteiger partial charge in [-0.1, -0.05) is 62.4 Å². The van der Waals surface area contributed by atoms with Crippen LogP contribution < -0.4 is 10.6 Å². The Labute approximate surface area is 194 Å². The number of amides is 2. The second kappa shape index (κ2) is 10.1. The van der Waals surface area contributed by atoms with E-state index in [9.17, 15) is 19.5 Å². The molecule has 33 heavy (non-hydrogen) atoms. The van der Waals surface area contributed by atoms with Crippen LogP contribution in [0.4, 0.5) is 4.79 Å². The molecule has 7 heteroatoms. The van der Waals surface area contributed by atoms with Gasteiger partial charge in [-0.25, -0.2) is 9.59 Å². The maximum absolute atomic E-state index is 12.4. The summed E-state index contributed by atoms with van der Waals surface area (Å²) in [5.74, 6) is -1.54. The summed E-state index contributed by atoms with van der Waals surface area (Å²) in [6.07, 6.45) is -0.424. The molecule has 2 aromatic carbocycles. The number of ether oxygens (including phenoxy) is 1. The molecule has 3 rings (SSSR count). The summed E-state index contributed by atoms with van der Waals surface area (Å²) < 4.78 is 5.56. The fourth-order valence-corrected chi connectivity index (χ4v) is 4.10. The van der Waals surface area contributed by atoms with Crippen molar-refractivity contribution in [3.8, 4) is 11.1 Å². The number of hydrogen-bond acceptors (Lipinski definition) is 4. The van der Waals surface area contributed by atoms with Gasteiger partial charge in [-0.15, -0.1) is 0 Å². The molecule has 0 spiro atoms. The van der Waals surface area contributed by atoms with Crippen LogP contribution in [0.1, 0.15) is 51.2 Å². The van der Waals surface area contributed by atoms with Gasteiger partial charge in [-0.2, -0.15) is 0 Å². The Morgan fingerprint density at radius 2 is 1.55 bits per heavy atom. The summed E-state index contributed by atoms with van der Waals surface area (Å²) in [6, 6.07) is 16.3. The Morgan fingerprint density at radius 3 is 2.06 bits per heavy atom. The van der Waals surface area contributed by atoms with Crippen LogP contribution in [-0.2, 0) is 14.3 Å². The van der Waals surface area contributed by atoms with Crippen LogP contribution in [-0.4, -0.2) is 41.8 Å². The van der Waals surface area contributed by atoms with Crippen LogP contribution in [0.15, 0.2) is 48.5 Å². The molecule has 0 saturated carbocycles. The summed E-state index contributed by atoms with van der Waals surface area (Å²) in [7, 11) is 0. The number of aliphatic carboxylic acids is 1. The monoisotopic (exact) mass is 452 g/mol. The number of carboxylic acids is 1. The lowest BCUT2D eigenvalue weighted by molar-refractivity contribution is -0.146. The number of nitrogens with one attached hydrogen (secondary N) is 2. The fraction of sp³-hybridized carbons (Fsp3) is 0.423. The predicted octanol–water partition coefficient (Wildman–Crippen LogP) is 4.17. The largest absolute Gasteiger partial charge is 0.480 e. The summed E-state index contributed by atoms with van der Waals surface area (Å²) in [5.41, 5.74) is 3.27. The number of carbonyl (C=O) groups is 3. The normalized spacial score (nSPS) is 13.7. The van der Waals surface area contributed by atoms with E-state index in [2.05, 4.69) is 34.9 Å². The van der Waals surface area contributed by atoms with E-state index in [1.807, 2.05) is 38.1 Å². The van der Waals surface area contributed by atoms with Gasteiger partial charge < -0.3 is 20.5 Å². The van der Waals surface area contributed by atoms with E-state index in [0.717, 1.165) is 22.3 Å². The molecule has 1 aliphatic rings. The number of benzene rings is 2. The van der Waals surface area contributed by atoms with Crippen LogP contribution in [0.3, 0.4) is 0 Å². The van der Waals surface area contributed by atoms with Gasteiger partial charge in [0.2, 0.25) is 5.91 Å². The summed E-state index contributed by atoms with van der Waals surface area (Å²) in [5, 5.41) is 14.5. The minimum atomic E-state index is -1.35. The number of hydrogen-bond donors (Lipinski definition) is 3. The molecule has 0 heterocycles. The van der Waals surface area contributed by atoms with Crippen molar-refractivity contribution in [3.05, 3.63) is 59.7 Å². The van der Waals surface area contributed by atoms with Crippen molar-refractivity contribution in [2.45, 2.75) is 45.6 Å². The highest BCUT2D eigenvalue weighted by Crippen LogP contribution is 2.44. The SMILES string of the molecule is CC(C)C(CNC(=O)OCC1c2ccccc2-c2ccccc21)CC(=O)NC(C)(C)C(=O)O. The number of carboxylic acid groups (broad SMARTS) is 1. The molecule has 1 aliphatic carbocycles. The van der Waals surface area contributed by atoms with Crippen LogP contribution >= 0.6 is 0 Å². The minimum Gasteiger partial charge on any atom is -0.480 e. The third-order valence-electron chi connectivity index (χ3n) is 6.23. The van der Waals surface area contributed by atoms with Crippen molar-refractivity contribution in [2.24, 2.45) is 11.8 Å². The standard InChI is InChI=1S/C26H32N2O5/c1-16(2)17(13-23(29)28-26(3,4)24(30)31)14-27-25(32)33-15-22-20-11-7-5-9-18(20)19-10-6-8-12-21(19)22/h5-12,16-17,22H,13-15H2,1-4H3,(H,27,32)(H,28,29)(H,30,31). The molecule has 1 unspecified atom stereocenters. The second-order valence-electron chi connectivity index (χ2n) is 9.39. The minimum absolute atomic E-state index is 0.0203. The third-order valence-corrected chi connectivity index (χ3v) is 6.23. The zero-order valence-corrected chi connectivity index (χ0v) is 19.6. The molecule has 2 aromatic rings. The summed E-state index contributed by atoms with van der Waals surface area (Å²) in [4.78, 5) is 36.0. The van der Waals surface area contributed by atoms with Gasteiger partial charge in [0.05, 0.1) is 0 Å². The first-order valence-corrected chi connectivity index (χ1v) is 11.2. The highest BCUT2D eigenvalue weighted by Gasteiger charge is 2.31. The van der Waals surface area contributed by atoms with Crippen LogP contribution in [0.25, 0.3) is 11.1 Å². The quantitative estimate of drug-likeness (QED) is 0.530. The van der Waals surface area contributed by atoms with Gasteiger partial charge in [0.1, 0.15) is 12.1 Å². The van der Waals surface area contributed by atoms with Gasteiger partial charge in [0.15, 0.2) is 0 Å². The first-order valence-electron chi connectivity index (χ1n) is 11.2. The third kappa shape index (κ3) is 5.72. The van der Waals surface area contributed by atoms with Gasteiger partial charge >= 0.3 is 12.1 Å². The van der Waals surface area contributed by atoms with Crippen LogP contribution in [0.2, 0.25) is 0 Å². The first kappa shape index (κ1) is 24.3. The maximum atomic E-state index is 12.4. The van der Waals surface area contributed by atoms with Crippen molar-refractivity contribution in [1.82, 2.24) is 10.6 Å². The molecule has 0 radical (unpaired) electrons. The average Bonchev–Trinajstić information content (AvgIpc) is 3.08. The zero-order chi connectivity index (χ0) is 24.2. The number of alkyl carbamates (subject to hydrolysis) is 1. The molecular formula is C26H32N2O5. The average molecular weight is 453 g/mol. The Hall–Kier alpha value is -3.35. The zero-order valence-electron chi connectivity index (χ0n) is 19.6. The molecular weight excluding hydrogens is 420 g/mol. The molecule has 7 nitrogen and oxygen atoms in total. The maximum Gasteiger partial charge on any atom is 0.407 e. The van der Waals surface area contributed by atoms with Crippen molar-refractivity contribution >= 4 is 18.0 Å². The number of rotatable bonds is 9. The smallest absolute Gasteiger partial charge is 0.407 e. The van der Waals surface area contributed by atoms with Crippen LogP contribution in [0.5, 0.6) is 0 Å². The van der Waals surface area contributed by atoms with E-state index in [-0.39, 0.29) is 43.2 Å². The lowest BCUT2D eigenvalue weighted by atomic mass is 9.91. The van der Waals surface area contributed by atoms with Crippen molar-refractivity contribution in [1.29, 1.82) is 0 Å². The first-order chi connectivity index (χ1) is 15.6. The Morgan fingerprint density at radius 1 is 1.00 bits per heavy atom. The molecule has 1 atom stereocenters. The van der Waals surface area contributed by atoms with Gasteiger partial charge in [-0.3, -0.25) is 4.79 Å². The number of fused-ring (bicyclic) bond motifs is 3. The molecule has 3 N–H and O–H groups in total. The Bertz CT molecular complexity index is 985. The highest BCUT2D eigenvalue weighted by molar-refractivity contribution is 5.86. The molecule has 2 amide bonds. The van der Waals surface area contributed by atoms with E-state index in [0.29, 0.717) is 0 Å². The molecule has 0 aliphatic heterocycles. The van der Waals surface area contributed by atoms with Crippen molar-refractivity contribution in [3.63, 3.8) is 0 Å². The second-order valence-corrected chi connectivity index (χ2v) is 9.39. The van der Waals surface area contributed by atoms with Gasteiger partial charge in [-0.05, 0) is 47.9 Å². The van der Waals surface area contributed by atoms with Gasteiger partial charge in [0.25, 0.3) is 0 Å². The summed E-state index contributed by atoms with van der Waals surface area (Å²) >= 11 is 0. The topological polar surface area (TPSA) is 105 Å². The number of carbonyl (C=O) groups excluding carboxylic acids is 2. The Kier molecular flexibility index (Phi) is 7.41. The van der Waals surface area contributed by atoms with E-state index in [4.69, 9.17) is 4.74 Å². The summed E-state index contributed by atoms with van der Waals surface area (Å²) in [6.45, 7) is 7.27. The molecule has 0 fully saturated rings. The molecule has 0 aromatic heterocycles. The van der Waals surface area contributed by atoms with Crippen molar-refractivity contribution in [2.75, 3.05) is 13.2 Å². The molecule has 176 valence electrons. The van der Waals surface area contributed by atoms with Crippen LogP contribution in [0, 0.1) is 11.8 Å². The van der Waals surface area contributed by atoms with Gasteiger partial charge in [0, 0.05) is 18.9 Å². The fourth-order valence-electron chi connectivity index (χ4n) is 4.10. The van der Waals surface area contributed by atoms with E-state index in [1.54, 1.807) is 0 Å². The molecule has 0 bridgehead atoms. The predicted molar refractivity (Wildman–Crippen MR) is 126 cm³/mol. The molecule has 0 saturated heterocycles. The highest BCUT2D eigenvalue weighted by atomic mass is 16.5. The Balaban J connectivity index is 1.55. The lowest BCUT2D eigenvalue weighted by Crippen LogP contribution is -2.50. The van der Waals surface area contributed by atoms with Crippen molar-refractivity contribution < 1.29 is 24.2 Å². The van der Waals surface area contributed by atoms with E-state index >= 15 is 0 Å². The van der Waals surface area contributed by atoms with E-state index in [1.165, 1.54) is 13.8 Å². The lowest BCUT2D eigenvalue weighted by Gasteiger charge is -2.25. The van der Waals surface area contributed by atoms with E-state index < -0.39 is 17.6 Å².